The predicted molar refractivity (Wildman–Crippen MR) is 61.0 cm³/mol. The summed E-state index contributed by atoms with van der Waals surface area (Å²) in [6.45, 7) is 9.25. The quantitative estimate of drug-likeness (QED) is 0.682. The molecule has 15 heavy (non-hydrogen) atoms. The molecule has 0 spiro atoms. The van der Waals surface area contributed by atoms with Gasteiger partial charge in [-0.05, 0) is 6.42 Å². The minimum Gasteiger partial charge on any atom is -0.390 e. The number of hydrogen-bond donors (Lipinski definition) is 2. The maximum Gasteiger partial charge on any atom is 0.0791 e. The molecule has 0 bridgehead atoms. The molecule has 0 aromatic heterocycles. The van der Waals surface area contributed by atoms with Crippen LogP contribution in [0.5, 0.6) is 0 Å². The van der Waals surface area contributed by atoms with Crippen molar-refractivity contribution < 1.29 is 9.84 Å². The average molecular weight is 216 g/mol. The van der Waals surface area contributed by atoms with Crippen LogP contribution in [0.4, 0.5) is 0 Å². The lowest BCUT2D eigenvalue weighted by Crippen LogP contribution is -2.41. The Balaban J connectivity index is 2.14. The molecule has 1 aliphatic heterocycles. The van der Waals surface area contributed by atoms with Crippen LogP contribution in [-0.2, 0) is 4.74 Å². The first-order valence-corrected chi connectivity index (χ1v) is 5.90. The van der Waals surface area contributed by atoms with Gasteiger partial charge in [-0.2, -0.15) is 0 Å². The lowest BCUT2D eigenvalue weighted by molar-refractivity contribution is 0.101. The summed E-state index contributed by atoms with van der Waals surface area (Å²) < 4.78 is 5.37. The number of nitrogens with one attached hydrogen (secondary N) is 1. The largest absolute Gasteiger partial charge is 0.390 e. The highest BCUT2D eigenvalue weighted by atomic mass is 16.5. The first-order valence-electron chi connectivity index (χ1n) is 5.90. The third kappa shape index (κ3) is 6.10. The summed E-state index contributed by atoms with van der Waals surface area (Å²) in [5.74, 6) is 0. The molecule has 0 amide bonds. The van der Waals surface area contributed by atoms with E-state index in [-0.39, 0.29) is 6.10 Å². The topological polar surface area (TPSA) is 44.7 Å². The highest BCUT2D eigenvalue weighted by Crippen LogP contribution is 2.00. The van der Waals surface area contributed by atoms with E-state index in [9.17, 15) is 5.11 Å². The van der Waals surface area contributed by atoms with Crippen LogP contribution in [0.2, 0.25) is 0 Å². The number of nitrogens with zero attached hydrogens (tertiary/aromatic N) is 1. The number of ether oxygens (including phenoxy) is 1. The van der Waals surface area contributed by atoms with Crippen LogP contribution >= 0.6 is 0 Å². The molecule has 0 aliphatic carbocycles. The maximum atomic E-state index is 9.80. The van der Waals surface area contributed by atoms with Crippen molar-refractivity contribution in [2.45, 2.75) is 32.4 Å². The number of β-amino-alcohol motifs (C(OH)–C–C–N with tert-alkyl or cyclic N) is 1. The zero-order chi connectivity index (χ0) is 11.1. The second kappa shape index (κ2) is 7.17. The Bertz CT molecular complexity index is 157. The number of hydrogen-bond acceptors (Lipinski definition) is 4. The lowest BCUT2D eigenvalue weighted by Gasteiger charge is -2.23. The summed E-state index contributed by atoms with van der Waals surface area (Å²) in [6.07, 6.45) is 0.801. The molecule has 2 N–H and O–H groups in total. The van der Waals surface area contributed by atoms with Crippen molar-refractivity contribution in [1.82, 2.24) is 10.2 Å². The fraction of sp³-hybridized carbons (Fsp3) is 1.00. The minimum absolute atomic E-state index is 0.273. The van der Waals surface area contributed by atoms with Crippen LogP contribution in [0.15, 0.2) is 0 Å². The molecule has 0 aromatic carbocycles. The Hall–Kier alpha value is -0.160. The summed E-state index contributed by atoms with van der Waals surface area (Å²) in [6, 6.07) is 0.437. The molecule has 1 unspecified atom stereocenters. The Kier molecular flexibility index (Phi) is 6.17. The molecule has 0 saturated carbocycles. The van der Waals surface area contributed by atoms with E-state index >= 15 is 0 Å². The van der Waals surface area contributed by atoms with Gasteiger partial charge in [0.05, 0.1) is 12.7 Å². The molecule has 4 nitrogen and oxygen atoms in total. The van der Waals surface area contributed by atoms with Gasteiger partial charge in [-0.15, -0.1) is 0 Å². The van der Waals surface area contributed by atoms with E-state index in [1.54, 1.807) is 0 Å². The molecular formula is C11H24N2O2. The molecule has 1 heterocycles. The zero-order valence-corrected chi connectivity index (χ0v) is 9.91. The Morgan fingerprint density at radius 3 is 2.87 bits per heavy atom. The van der Waals surface area contributed by atoms with Gasteiger partial charge in [-0.25, -0.2) is 0 Å². The van der Waals surface area contributed by atoms with Gasteiger partial charge in [0.1, 0.15) is 0 Å². The Labute approximate surface area is 92.6 Å². The summed E-state index contributed by atoms with van der Waals surface area (Å²) in [4.78, 5) is 2.28. The first kappa shape index (κ1) is 12.9. The Morgan fingerprint density at radius 1 is 1.33 bits per heavy atom. The highest BCUT2D eigenvalue weighted by molar-refractivity contribution is 4.69. The van der Waals surface area contributed by atoms with Gasteiger partial charge in [0.2, 0.25) is 0 Å². The van der Waals surface area contributed by atoms with Crippen LogP contribution in [0.1, 0.15) is 20.3 Å². The van der Waals surface area contributed by atoms with E-state index in [1.807, 2.05) is 0 Å². The summed E-state index contributed by atoms with van der Waals surface area (Å²) >= 11 is 0. The third-order valence-corrected chi connectivity index (χ3v) is 2.55. The van der Waals surface area contributed by atoms with E-state index in [0.29, 0.717) is 12.6 Å². The van der Waals surface area contributed by atoms with E-state index in [0.717, 1.165) is 39.3 Å². The molecule has 1 fully saturated rings. The van der Waals surface area contributed by atoms with Gasteiger partial charge >= 0.3 is 0 Å². The highest BCUT2D eigenvalue weighted by Gasteiger charge is 2.13. The minimum atomic E-state index is -0.273. The van der Waals surface area contributed by atoms with Crippen LogP contribution in [0.3, 0.4) is 0 Å². The Morgan fingerprint density at radius 2 is 2.13 bits per heavy atom. The van der Waals surface area contributed by atoms with Gasteiger partial charge in [0, 0.05) is 38.8 Å². The fourth-order valence-electron chi connectivity index (χ4n) is 1.71. The normalized spacial score (nSPS) is 21.6. The van der Waals surface area contributed by atoms with Gasteiger partial charge in [-0.3, -0.25) is 4.90 Å². The SMILES string of the molecule is CC(C)NCC(O)CN1CCCOCC1. The summed E-state index contributed by atoms with van der Waals surface area (Å²) in [5, 5.41) is 13.0. The van der Waals surface area contributed by atoms with Crippen molar-refractivity contribution in [2.24, 2.45) is 0 Å². The smallest absolute Gasteiger partial charge is 0.0791 e. The second-order valence-electron chi connectivity index (χ2n) is 4.48. The van der Waals surface area contributed by atoms with Crippen molar-refractivity contribution in [2.75, 3.05) is 39.4 Å². The molecule has 1 rings (SSSR count). The second-order valence-corrected chi connectivity index (χ2v) is 4.48. The number of aliphatic hydroxyl groups is 1. The molecule has 4 heteroatoms. The molecule has 1 aliphatic rings. The van der Waals surface area contributed by atoms with Crippen molar-refractivity contribution in [1.29, 1.82) is 0 Å². The predicted octanol–water partition coefficient (Wildman–Crippen LogP) is 0.0676. The van der Waals surface area contributed by atoms with Crippen LogP contribution in [0, 0.1) is 0 Å². The average Bonchev–Trinajstić information content (AvgIpc) is 2.43. The zero-order valence-electron chi connectivity index (χ0n) is 9.91. The molecule has 90 valence electrons. The molecule has 1 atom stereocenters. The van der Waals surface area contributed by atoms with E-state index < -0.39 is 0 Å². The van der Waals surface area contributed by atoms with Crippen molar-refractivity contribution in [3.8, 4) is 0 Å². The van der Waals surface area contributed by atoms with Gasteiger partial charge < -0.3 is 15.2 Å². The number of aliphatic hydroxyl groups excluding tert-OH is 1. The third-order valence-electron chi connectivity index (χ3n) is 2.55. The molecular weight excluding hydrogens is 192 g/mol. The maximum absolute atomic E-state index is 9.80. The van der Waals surface area contributed by atoms with Gasteiger partial charge in [0.25, 0.3) is 0 Å². The van der Waals surface area contributed by atoms with Crippen LogP contribution in [0.25, 0.3) is 0 Å². The van der Waals surface area contributed by atoms with Crippen LogP contribution < -0.4 is 5.32 Å². The van der Waals surface area contributed by atoms with Crippen LogP contribution in [-0.4, -0.2) is 61.5 Å². The lowest BCUT2D eigenvalue weighted by atomic mass is 10.2. The molecule has 1 saturated heterocycles. The fourth-order valence-corrected chi connectivity index (χ4v) is 1.71. The molecule has 0 aromatic rings. The van der Waals surface area contributed by atoms with E-state index in [2.05, 4.69) is 24.1 Å². The number of rotatable bonds is 5. The standard InChI is InChI=1S/C11H24N2O2/c1-10(2)12-8-11(14)9-13-4-3-6-15-7-5-13/h10-12,14H,3-9H2,1-2H3. The summed E-state index contributed by atoms with van der Waals surface area (Å²) in [7, 11) is 0. The van der Waals surface area contributed by atoms with Gasteiger partial charge in [0.15, 0.2) is 0 Å². The van der Waals surface area contributed by atoms with Gasteiger partial charge in [-0.1, -0.05) is 13.8 Å². The first-order chi connectivity index (χ1) is 7.18. The summed E-state index contributed by atoms with van der Waals surface area (Å²) in [5.41, 5.74) is 0. The van der Waals surface area contributed by atoms with Crippen molar-refractivity contribution in [3.63, 3.8) is 0 Å². The van der Waals surface area contributed by atoms with E-state index in [4.69, 9.17) is 4.74 Å². The van der Waals surface area contributed by atoms with E-state index in [1.165, 1.54) is 0 Å². The monoisotopic (exact) mass is 216 g/mol. The van der Waals surface area contributed by atoms with Crippen molar-refractivity contribution in [3.05, 3.63) is 0 Å². The molecule has 0 radical (unpaired) electrons. The van der Waals surface area contributed by atoms with Crippen molar-refractivity contribution >= 4 is 0 Å².